The van der Waals surface area contributed by atoms with Crippen molar-refractivity contribution in [1.29, 1.82) is 0 Å². The van der Waals surface area contributed by atoms with Crippen LogP contribution >= 0.6 is 0 Å². The van der Waals surface area contributed by atoms with Crippen LogP contribution in [-0.4, -0.2) is 10.7 Å². The van der Waals surface area contributed by atoms with Crippen LogP contribution in [0.2, 0.25) is 0 Å². The Morgan fingerprint density at radius 3 is 2.33 bits per heavy atom. The molecule has 2 aliphatic carbocycles. The van der Waals surface area contributed by atoms with Gasteiger partial charge in [0, 0.05) is 0 Å². The summed E-state index contributed by atoms with van der Waals surface area (Å²) in [6, 6.07) is 0. The summed E-state index contributed by atoms with van der Waals surface area (Å²) in [5.41, 5.74) is -0.305. The monoisotopic (exact) mass is 210 g/mol. The van der Waals surface area contributed by atoms with Gasteiger partial charge in [0.05, 0.1) is 5.60 Å². The lowest BCUT2D eigenvalue weighted by atomic mass is 9.70. The van der Waals surface area contributed by atoms with Crippen LogP contribution in [0.3, 0.4) is 0 Å². The summed E-state index contributed by atoms with van der Waals surface area (Å²) in [6.07, 6.45) is 12.9. The predicted octanol–water partition coefficient (Wildman–Crippen LogP) is 3.90. The van der Waals surface area contributed by atoms with E-state index in [1.165, 1.54) is 51.4 Å². The molecule has 1 N–H and O–H groups in total. The van der Waals surface area contributed by atoms with Crippen molar-refractivity contribution >= 4 is 0 Å². The molecule has 1 heteroatoms. The van der Waals surface area contributed by atoms with E-state index in [4.69, 9.17) is 0 Å². The van der Waals surface area contributed by atoms with E-state index >= 15 is 0 Å². The average Bonchev–Trinajstić information content (AvgIpc) is 2.24. The highest BCUT2D eigenvalue weighted by atomic mass is 16.3. The third-order valence-electron chi connectivity index (χ3n) is 4.78. The molecule has 0 bridgehead atoms. The minimum absolute atomic E-state index is 0.305. The first-order valence-corrected chi connectivity index (χ1v) is 6.93. The Labute approximate surface area is 94.3 Å². The molecular weight excluding hydrogens is 184 g/mol. The van der Waals surface area contributed by atoms with Crippen LogP contribution in [0, 0.1) is 11.8 Å². The maximum absolute atomic E-state index is 10.7. The van der Waals surface area contributed by atoms with Crippen molar-refractivity contribution < 1.29 is 5.11 Å². The SMILES string of the molecule is CC1CCCCC1(O)CC1CCCCC1. The van der Waals surface area contributed by atoms with E-state index in [0.29, 0.717) is 5.92 Å². The van der Waals surface area contributed by atoms with Gasteiger partial charge in [-0.1, -0.05) is 51.9 Å². The molecule has 88 valence electrons. The van der Waals surface area contributed by atoms with Gasteiger partial charge in [-0.15, -0.1) is 0 Å². The first-order chi connectivity index (χ1) is 7.21. The lowest BCUT2D eigenvalue weighted by Crippen LogP contribution is -2.41. The van der Waals surface area contributed by atoms with E-state index in [1.807, 2.05) is 0 Å². The van der Waals surface area contributed by atoms with E-state index in [1.54, 1.807) is 0 Å². The first-order valence-electron chi connectivity index (χ1n) is 6.93. The quantitative estimate of drug-likeness (QED) is 0.733. The highest BCUT2D eigenvalue weighted by Gasteiger charge is 2.37. The van der Waals surface area contributed by atoms with Gasteiger partial charge >= 0.3 is 0 Å². The first kappa shape index (κ1) is 11.4. The molecule has 0 spiro atoms. The van der Waals surface area contributed by atoms with Gasteiger partial charge in [0.1, 0.15) is 0 Å². The Hall–Kier alpha value is -0.0400. The number of hydrogen-bond acceptors (Lipinski definition) is 1. The van der Waals surface area contributed by atoms with Crippen molar-refractivity contribution in [3.05, 3.63) is 0 Å². The van der Waals surface area contributed by atoms with Gasteiger partial charge in [-0.3, -0.25) is 0 Å². The second-order valence-electron chi connectivity index (χ2n) is 5.96. The van der Waals surface area contributed by atoms with Gasteiger partial charge in [0.15, 0.2) is 0 Å². The summed E-state index contributed by atoms with van der Waals surface area (Å²) in [5.74, 6) is 1.36. The summed E-state index contributed by atoms with van der Waals surface area (Å²) in [7, 11) is 0. The molecule has 0 aromatic carbocycles. The molecule has 2 atom stereocenters. The van der Waals surface area contributed by atoms with E-state index in [2.05, 4.69) is 6.92 Å². The zero-order chi connectivity index (χ0) is 10.7. The fraction of sp³-hybridized carbons (Fsp3) is 1.00. The van der Waals surface area contributed by atoms with Crippen molar-refractivity contribution in [2.45, 2.75) is 76.7 Å². The lowest BCUT2D eigenvalue weighted by molar-refractivity contribution is -0.0626. The van der Waals surface area contributed by atoms with E-state index in [9.17, 15) is 5.11 Å². The fourth-order valence-corrected chi connectivity index (χ4v) is 3.59. The molecule has 2 aliphatic rings. The molecule has 0 radical (unpaired) electrons. The Balaban J connectivity index is 1.89. The predicted molar refractivity (Wildman–Crippen MR) is 63.8 cm³/mol. The average molecular weight is 210 g/mol. The summed E-state index contributed by atoms with van der Waals surface area (Å²) >= 11 is 0. The summed E-state index contributed by atoms with van der Waals surface area (Å²) in [6.45, 7) is 2.25. The van der Waals surface area contributed by atoms with E-state index < -0.39 is 0 Å². The zero-order valence-electron chi connectivity index (χ0n) is 10.2. The molecule has 0 aromatic heterocycles. The van der Waals surface area contributed by atoms with E-state index in [-0.39, 0.29) is 5.60 Å². The summed E-state index contributed by atoms with van der Waals surface area (Å²) < 4.78 is 0. The maximum Gasteiger partial charge on any atom is 0.0675 e. The van der Waals surface area contributed by atoms with Gasteiger partial charge in [-0.2, -0.15) is 0 Å². The molecule has 2 unspecified atom stereocenters. The van der Waals surface area contributed by atoms with Crippen molar-refractivity contribution in [3.8, 4) is 0 Å². The Bertz CT molecular complexity index is 196. The van der Waals surface area contributed by atoms with Crippen LogP contribution in [-0.2, 0) is 0 Å². The minimum Gasteiger partial charge on any atom is -0.390 e. The molecule has 0 heterocycles. The number of hydrogen-bond donors (Lipinski definition) is 1. The van der Waals surface area contributed by atoms with Crippen molar-refractivity contribution in [1.82, 2.24) is 0 Å². The molecular formula is C14H26O. The van der Waals surface area contributed by atoms with Crippen LogP contribution in [0.5, 0.6) is 0 Å². The van der Waals surface area contributed by atoms with Gasteiger partial charge in [-0.05, 0) is 31.1 Å². The molecule has 2 saturated carbocycles. The van der Waals surface area contributed by atoms with E-state index in [0.717, 1.165) is 18.8 Å². The molecule has 0 aromatic rings. The molecule has 0 amide bonds. The smallest absolute Gasteiger partial charge is 0.0675 e. The minimum atomic E-state index is -0.305. The van der Waals surface area contributed by atoms with Crippen molar-refractivity contribution in [2.75, 3.05) is 0 Å². The standard InChI is InChI=1S/C14H26O/c1-12-7-5-6-10-14(12,15)11-13-8-3-2-4-9-13/h12-13,15H,2-11H2,1H3. The molecule has 15 heavy (non-hydrogen) atoms. The molecule has 2 rings (SSSR count). The number of aliphatic hydroxyl groups is 1. The van der Waals surface area contributed by atoms with Crippen LogP contribution in [0.4, 0.5) is 0 Å². The van der Waals surface area contributed by atoms with Gasteiger partial charge in [-0.25, -0.2) is 0 Å². The largest absolute Gasteiger partial charge is 0.390 e. The normalized spacial score (nSPS) is 39.2. The molecule has 0 aliphatic heterocycles. The second kappa shape index (κ2) is 4.86. The lowest BCUT2D eigenvalue weighted by Gasteiger charge is -2.41. The number of rotatable bonds is 2. The molecule has 2 fully saturated rings. The van der Waals surface area contributed by atoms with Crippen molar-refractivity contribution in [3.63, 3.8) is 0 Å². The van der Waals surface area contributed by atoms with Crippen LogP contribution in [0.15, 0.2) is 0 Å². The third-order valence-corrected chi connectivity index (χ3v) is 4.78. The molecule has 0 saturated heterocycles. The van der Waals surface area contributed by atoms with Gasteiger partial charge < -0.3 is 5.11 Å². The highest BCUT2D eigenvalue weighted by Crippen LogP contribution is 2.41. The highest BCUT2D eigenvalue weighted by molar-refractivity contribution is 4.90. The second-order valence-corrected chi connectivity index (χ2v) is 5.96. The summed E-state index contributed by atoms with van der Waals surface area (Å²) in [5, 5.41) is 10.7. The third kappa shape index (κ3) is 2.75. The zero-order valence-corrected chi connectivity index (χ0v) is 10.2. The Morgan fingerprint density at radius 1 is 1.00 bits per heavy atom. The summed E-state index contributed by atoms with van der Waals surface area (Å²) in [4.78, 5) is 0. The maximum atomic E-state index is 10.7. The Morgan fingerprint density at radius 2 is 1.67 bits per heavy atom. The van der Waals surface area contributed by atoms with Crippen molar-refractivity contribution in [2.24, 2.45) is 11.8 Å². The van der Waals surface area contributed by atoms with Gasteiger partial charge in [0.25, 0.3) is 0 Å². The van der Waals surface area contributed by atoms with Gasteiger partial charge in [0.2, 0.25) is 0 Å². The van der Waals surface area contributed by atoms with Crippen LogP contribution < -0.4 is 0 Å². The fourth-order valence-electron chi connectivity index (χ4n) is 3.59. The van der Waals surface area contributed by atoms with Crippen LogP contribution in [0.25, 0.3) is 0 Å². The Kier molecular flexibility index (Phi) is 3.71. The molecule has 1 nitrogen and oxygen atoms in total. The topological polar surface area (TPSA) is 20.2 Å². The van der Waals surface area contributed by atoms with Crippen LogP contribution in [0.1, 0.15) is 71.1 Å².